The highest BCUT2D eigenvalue weighted by Crippen LogP contribution is 2.30. The highest BCUT2D eigenvalue weighted by molar-refractivity contribution is 8.00. The summed E-state index contributed by atoms with van der Waals surface area (Å²) >= 11 is 0.995. The fraction of sp³-hybridized carbons (Fsp3) is 0.0455. The lowest BCUT2D eigenvalue weighted by Crippen LogP contribution is -2.14. The van der Waals surface area contributed by atoms with Crippen molar-refractivity contribution in [3.63, 3.8) is 0 Å². The van der Waals surface area contributed by atoms with E-state index in [0.717, 1.165) is 28.9 Å². The SMILES string of the molecule is NC(=O)c1ccc(SCC(=O)Nc2ccc(-c3nc4ccccc4o3)cc2)c([N+](=O)[O-])c1. The quantitative estimate of drug-likeness (QED) is 0.245. The monoisotopic (exact) mass is 448 g/mol. The largest absolute Gasteiger partial charge is 0.436 e. The van der Waals surface area contributed by atoms with Gasteiger partial charge in [-0.15, -0.1) is 11.8 Å². The number of thioether (sulfide) groups is 1. The van der Waals surface area contributed by atoms with E-state index in [4.69, 9.17) is 10.2 Å². The number of carbonyl (C=O) groups excluding carboxylic acids is 2. The fourth-order valence-electron chi connectivity index (χ4n) is 2.97. The summed E-state index contributed by atoms with van der Waals surface area (Å²) in [6, 6.07) is 18.3. The zero-order valence-corrected chi connectivity index (χ0v) is 17.3. The summed E-state index contributed by atoms with van der Waals surface area (Å²) in [7, 11) is 0. The average molecular weight is 448 g/mol. The lowest BCUT2D eigenvalue weighted by atomic mass is 10.2. The summed E-state index contributed by atoms with van der Waals surface area (Å²) in [4.78, 5) is 38.9. The molecule has 3 aromatic carbocycles. The van der Waals surface area contributed by atoms with Crippen LogP contribution in [-0.4, -0.2) is 27.5 Å². The summed E-state index contributed by atoms with van der Waals surface area (Å²) in [5, 5.41) is 14.0. The highest BCUT2D eigenvalue weighted by Gasteiger charge is 2.18. The van der Waals surface area contributed by atoms with Crippen LogP contribution in [0.5, 0.6) is 0 Å². The molecule has 3 N–H and O–H groups in total. The number of nitrogens with two attached hydrogens (primary N) is 1. The minimum absolute atomic E-state index is 0.0320. The number of nitrogens with zero attached hydrogens (tertiary/aromatic N) is 2. The minimum Gasteiger partial charge on any atom is -0.436 e. The molecule has 0 aliphatic carbocycles. The molecular formula is C22H16N4O5S. The number of fused-ring (bicyclic) bond motifs is 1. The number of benzene rings is 3. The third-order valence-electron chi connectivity index (χ3n) is 4.51. The van der Waals surface area contributed by atoms with Crippen LogP contribution >= 0.6 is 11.8 Å². The fourth-order valence-corrected chi connectivity index (χ4v) is 3.77. The average Bonchev–Trinajstić information content (AvgIpc) is 3.22. The van der Waals surface area contributed by atoms with Crippen LogP contribution in [-0.2, 0) is 4.79 Å². The molecule has 0 saturated heterocycles. The van der Waals surface area contributed by atoms with Gasteiger partial charge in [-0.3, -0.25) is 19.7 Å². The van der Waals surface area contributed by atoms with Crippen molar-refractivity contribution in [1.29, 1.82) is 0 Å². The number of para-hydroxylation sites is 2. The maximum atomic E-state index is 12.3. The molecule has 10 heteroatoms. The van der Waals surface area contributed by atoms with E-state index in [9.17, 15) is 19.7 Å². The van der Waals surface area contributed by atoms with E-state index in [-0.39, 0.29) is 27.8 Å². The smallest absolute Gasteiger partial charge is 0.283 e. The van der Waals surface area contributed by atoms with Crippen LogP contribution < -0.4 is 11.1 Å². The van der Waals surface area contributed by atoms with Gasteiger partial charge in [0.2, 0.25) is 17.7 Å². The van der Waals surface area contributed by atoms with Crippen molar-refractivity contribution >= 4 is 46.1 Å². The summed E-state index contributed by atoms with van der Waals surface area (Å²) in [5.41, 5.74) is 7.70. The molecule has 0 aliphatic rings. The second-order valence-electron chi connectivity index (χ2n) is 6.70. The number of oxazole rings is 1. The molecule has 4 aromatic rings. The van der Waals surface area contributed by atoms with Crippen molar-refractivity contribution in [2.45, 2.75) is 4.90 Å². The molecule has 0 bridgehead atoms. The number of nitro groups is 1. The Balaban J connectivity index is 1.40. The van der Waals surface area contributed by atoms with Crippen molar-refractivity contribution in [2.24, 2.45) is 5.73 Å². The molecule has 1 aromatic heterocycles. The number of hydrogen-bond donors (Lipinski definition) is 2. The number of hydrogen-bond acceptors (Lipinski definition) is 7. The Bertz CT molecular complexity index is 1300. The number of amides is 2. The third kappa shape index (κ3) is 4.60. The van der Waals surface area contributed by atoms with E-state index < -0.39 is 10.8 Å². The van der Waals surface area contributed by atoms with Crippen LogP contribution in [0.2, 0.25) is 0 Å². The van der Waals surface area contributed by atoms with E-state index >= 15 is 0 Å². The number of anilines is 1. The molecule has 9 nitrogen and oxygen atoms in total. The van der Waals surface area contributed by atoms with Crippen LogP contribution in [0.4, 0.5) is 11.4 Å². The Morgan fingerprint density at radius 3 is 2.53 bits per heavy atom. The normalized spacial score (nSPS) is 10.8. The molecule has 1 heterocycles. The first-order valence-electron chi connectivity index (χ1n) is 9.37. The standard InChI is InChI=1S/C22H16N4O5S/c23-21(28)14-7-10-19(17(11-14)26(29)30)32-12-20(27)24-15-8-5-13(6-9-15)22-25-16-3-1-2-4-18(16)31-22/h1-11H,12H2,(H2,23,28)(H,24,27). The van der Waals surface area contributed by atoms with Crippen molar-refractivity contribution < 1.29 is 18.9 Å². The molecule has 0 radical (unpaired) electrons. The van der Waals surface area contributed by atoms with Crippen LogP contribution in [0.1, 0.15) is 10.4 Å². The number of nitrogens with one attached hydrogen (secondary N) is 1. The Morgan fingerprint density at radius 1 is 1.09 bits per heavy atom. The van der Waals surface area contributed by atoms with Gasteiger partial charge in [0.1, 0.15) is 5.52 Å². The van der Waals surface area contributed by atoms with Crippen LogP contribution in [0, 0.1) is 10.1 Å². The van der Waals surface area contributed by atoms with Crippen molar-refractivity contribution in [3.05, 3.63) is 82.4 Å². The van der Waals surface area contributed by atoms with Crippen molar-refractivity contribution in [1.82, 2.24) is 4.98 Å². The molecule has 0 atom stereocenters. The summed E-state index contributed by atoms with van der Waals surface area (Å²) in [6.45, 7) is 0. The molecule has 0 unspecified atom stereocenters. The zero-order chi connectivity index (χ0) is 22.7. The Kier molecular flexibility index (Phi) is 5.86. The molecule has 2 amide bonds. The van der Waals surface area contributed by atoms with Gasteiger partial charge in [-0.25, -0.2) is 4.98 Å². The maximum absolute atomic E-state index is 12.3. The van der Waals surface area contributed by atoms with Crippen LogP contribution in [0.15, 0.2) is 76.0 Å². The Labute approximate surface area is 185 Å². The molecular weight excluding hydrogens is 432 g/mol. The van der Waals surface area contributed by atoms with Gasteiger partial charge in [-0.1, -0.05) is 12.1 Å². The van der Waals surface area contributed by atoms with E-state index in [1.807, 2.05) is 24.3 Å². The zero-order valence-electron chi connectivity index (χ0n) is 16.5. The first-order chi connectivity index (χ1) is 15.4. The molecule has 0 aliphatic heterocycles. The molecule has 32 heavy (non-hydrogen) atoms. The van der Waals surface area contributed by atoms with E-state index in [1.54, 1.807) is 24.3 Å². The molecule has 160 valence electrons. The highest BCUT2D eigenvalue weighted by atomic mass is 32.2. The summed E-state index contributed by atoms with van der Waals surface area (Å²) < 4.78 is 5.73. The van der Waals surface area contributed by atoms with Gasteiger partial charge < -0.3 is 15.5 Å². The second kappa shape index (κ2) is 8.90. The second-order valence-corrected chi connectivity index (χ2v) is 7.72. The van der Waals surface area contributed by atoms with Gasteiger partial charge >= 0.3 is 0 Å². The topological polar surface area (TPSA) is 141 Å². The Hall–Kier alpha value is -4.18. The van der Waals surface area contributed by atoms with Gasteiger partial charge in [0.05, 0.1) is 15.6 Å². The van der Waals surface area contributed by atoms with Gasteiger partial charge in [-0.2, -0.15) is 0 Å². The number of carbonyl (C=O) groups is 2. The molecule has 0 spiro atoms. The maximum Gasteiger partial charge on any atom is 0.283 e. The lowest BCUT2D eigenvalue weighted by molar-refractivity contribution is -0.387. The number of rotatable bonds is 7. The van der Waals surface area contributed by atoms with E-state index in [1.165, 1.54) is 12.1 Å². The van der Waals surface area contributed by atoms with Crippen molar-refractivity contribution in [3.8, 4) is 11.5 Å². The van der Waals surface area contributed by atoms with Crippen LogP contribution in [0.25, 0.3) is 22.6 Å². The van der Waals surface area contributed by atoms with Gasteiger partial charge in [0.25, 0.3) is 5.69 Å². The minimum atomic E-state index is -0.760. The Morgan fingerprint density at radius 2 is 1.84 bits per heavy atom. The number of primary amides is 1. The molecule has 0 fully saturated rings. The third-order valence-corrected chi connectivity index (χ3v) is 5.57. The van der Waals surface area contributed by atoms with Crippen LogP contribution in [0.3, 0.4) is 0 Å². The summed E-state index contributed by atoms with van der Waals surface area (Å²) in [6.07, 6.45) is 0. The number of nitro benzene ring substituents is 1. The first kappa shape index (κ1) is 21.1. The predicted molar refractivity (Wildman–Crippen MR) is 120 cm³/mol. The van der Waals surface area contributed by atoms with Gasteiger partial charge in [-0.05, 0) is 48.5 Å². The van der Waals surface area contributed by atoms with Crippen molar-refractivity contribution in [2.75, 3.05) is 11.1 Å². The van der Waals surface area contributed by atoms with Gasteiger partial charge in [0.15, 0.2) is 5.58 Å². The number of aromatic nitrogens is 1. The first-order valence-corrected chi connectivity index (χ1v) is 10.4. The summed E-state index contributed by atoms with van der Waals surface area (Å²) in [5.74, 6) is -0.670. The lowest BCUT2D eigenvalue weighted by Gasteiger charge is -2.07. The van der Waals surface area contributed by atoms with E-state index in [0.29, 0.717) is 17.2 Å². The van der Waals surface area contributed by atoms with Gasteiger partial charge in [0, 0.05) is 22.9 Å². The molecule has 0 saturated carbocycles. The predicted octanol–water partition coefficient (Wildman–Crippen LogP) is 4.23. The molecule has 4 rings (SSSR count). The van der Waals surface area contributed by atoms with E-state index in [2.05, 4.69) is 10.3 Å².